The van der Waals surface area contributed by atoms with Crippen molar-refractivity contribution in [3.8, 4) is 0 Å². The summed E-state index contributed by atoms with van der Waals surface area (Å²) in [5.41, 5.74) is 9.82. The number of rotatable bonds is 3. The number of hydrogen-bond acceptors (Lipinski definition) is 2. The zero-order chi connectivity index (χ0) is 8.20. The van der Waals surface area contributed by atoms with Gasteiger partial charge in [0.2, 0.25) is 0 Å². The van der Waals surface area contributed by atoms with Crippen LogP contribution in [0, 0.1) is 5.92 Å². The lowest BCUT2D eigenvalue weighted by Crippen LogP contribution is -2.31. The average molecular weight is 156 g/mol. The first-order chi connectivity index (χ1) is 4.52. The maximum absolute atomic E-state index is 11.8. The molecule has 0 saturated carbocycles. The van der Waals surface area contributed by atoms with Crippen LogP contribution in [0.3, 0.4) is 0 Å². The summed E-state index contributed by atoms with van der Waals surface area (Å²) in [5, 5.41) is 0. The molecule has 10 heavy (non-hydrogen) atoms. The van der Waals surface area contributed by atoms with Crippen molar-refractivity contribution in [1.82, 2.24) is 0 Å². The van der Waals surface area contributed by atoms with Crippen LogP contribution < -0.4 is 11.5 Å². The molecule has 0 aromatic heterocycles. The van der Waals surface area contributed by atoms with Crippen molar-refractivity contribution in [3.05, 3.63) is 0 Å². The zero-order valence-corrected chi connectivity index (χ0v) is 5.49. The van der Waals surface area contributed by atoms with Crippen LogP contribution in [0.15, 0.2) is 0 Å². The molecule has 0 unspecified atom stereocenters. The van der Waals surface area contributed by atoms with Crippen LogP contribution in [0.2, 0.25) is 0 Å². The topological polar surface area (TPSA) is 52.0 Å². The third-order valence-electron chi connectivity index (χ3n) is 1.26. The van der Waals surface area contributed by atoms with Gasteiger partial charge in [-0.05, 0) is 13.0 Å². The first-order valence-corrected chi connectivity index (χ1v) is 2.99. The third kappa shape index (κ3) is 3.03. The van der Waals surface area contributed by atoms with E-state index in [1.54, 1.807) is 0 Å². The smallest absolute Gasteiger partial charge is 0.330 e. The summed E-state index contributed by atoms with van der Waals surface area (Å²) in [6.07, 6.45) is -4.27. The minimum atomic E-state index is -4.19. The average Bonchev–Trinajstić information content (AvgIpc) is 1.80. The quantitative estimate of drug-likeness (QED) is 0.624. The molecule has 0 heterocycles. The van der Waals surface area contributed by atoms with Gasteiger partial charge in [-0.1, -0.05) is 0 Å². The molecule has 1 atom stereocenters. The SMILES string of the molecule is NCC[C@H](CN)C(F)(F)F. The summed E-state index contributed by atoms with van der Waals surface area (Å²) < 4.78 is 35.3. The number of hydrogen-bond donors (Lipinski definition) is 2. The Hall–Kier alpha value is -0.290. The molecule has 5 heteroatoms. The van der Waals surface area contributed by atoms with Crippen LogP contribution in [0.25, 0.3) is 0 Å². The van der Waals surface area contributed by atoms with E-state index in [0.717, 1.165) is 0 Å². The largest absolute Gasteiger partial charge is 0.393 e. The van der Waals surface area contributed by atoms with E-state index in [0.29, 0.717) is 0 Å². The van der Waals surface area contributed by atoms with Crippen LogP contribution >= 0.6 is 0 Å². The van der Waals surface area contributed by atoms with Crippen LogP contribution in [0.4, 0.5) is 13.2 Å². The number of alkyl halides is 3. The first kappa shape index (κ1) is 9.71. The lowest BCUT2D eigenvalue weighted by molar-refractivity contribution is -0.172. The second-order valence-electron chi connectivity index (χ2n) is 2.05. The van der Waals surface area contributed by atoms with Crippen molar-refractivity contribution in [3.63, 3.8) is 0 Å². The molecule has 0 aliphatic heterocycles. The molecule has 0 aliphatic rings. The molecule has 0 aromatic carbocycles. The number of halogens is 3. The van der Waals surface area contributed by atoms with E-state index < -0.39 is 12.1 Å². The van der Waals surface area contributed by atoms with Gasteiger partial charge in [-0.25, -0.2) is 0 Å². The van der Waals surface area contributed by atoms with Crippen LogP contribution in [0.1, 0.15) is 6.42 Å². The van der Waals surface area contributed by atoms with E-state index in [1.807, 2.05) is 0 Å². The Bertz CT molecular complexity index is 91.4. The molecule has 0 bridgehead atoms. The van der Waals surface area contributed by atoms with Gasteiger partial charge in [-0.3, -0.25) is 0 Å². The van der Waals surface area contributed by atoms with E-state index in [2.05, 4.69) is 0 Å². The van der Waals surface area contributed by atoms with Crippen LogP contribution in [-0.4, -0.2) is 19.3 Å². The van der Waals surface area contributed by atoms with Gasteiger partial charge in [0, 0.05) is 6.54 Å². The van der Waals surface area contributed by atoms with Gasteiger partial charge in [0.05, 0.1) is 5.92 Å². The van der Waals surface area contributed by atoms with Crippen molar-refractivity contribution in [2.45, 2.75) is 12.6 Å². The molecule has 2 nitrogen and oxygen atoms in total. The Morgan fingerprint density at radius 3 is 1.80 bits per heavy atom. The second-order valence-corrected chi connectivity index (χ2v) is 2.05. The fraction of sp³-hybridized carbons (Fsp3) is 1.00. The van der Waals surface area contributed by atoms with Gasteiger partial charge in [0.15, 0.2) is 0 Å². The van der Waals surface area contributed by atoms with Gasteiger partial charge in [0.25, 0.3) is 0 Å². The highest BCUT2D eigenvalue weighted by atomic mass is 19.4. The van der Waals surface area contributed by atoms with Gasteiger partial charge in [-0.2, -0.15) is 13.2 Å². The summed E-state index contributed by atoms with van der Waals surface area (Å²) in [6, 6.07) is 0. The minimum Gasteiger partial charge on any atom is -0.330 e. The predicted molar refractivity (Wildman–Crippen MR) is 32.3 cm³/mol. The molecule has 0 amide bonds. The molecular weight excluding hydrogens is 145 g/mol. The highest BCUT2D eigenvalue weighted by molar-refractivity contribution is 4.68. The molecule has 62 valence electrons. The second kappa shape index (κ2) is 3.78. The van der Waals surface area contributed by atoms with Crippen LogP contribution in [-0.2, 0) is 0 Å². The molecule has 4 N–H and O–H groups in total. The van der Waals surface area contributed by atoms with Crippen molar-refractivity contribution < 1.29 is 13.2 Å². The van der Waals surface area contributed by atoms with E-state index in [9.17, 15) is 13.2 Å². The first-order valence-electron chi connectivity index (χ1n) is 2.99. The Morgan fingerprint density at radius 1 is 1.20 bits per heavy atom. The molecular formula is C5H11F3N2. The van der Waals surface area contributed by atoms with Crippen LogP contribution in [0.5, 0.6) is 0 Å². The van der Waals surface area contributed by atoms with Crippen molar-refractivity contribution in [2.75, 3.05) is 13.1 Å². The summed E-state index contributed by atoms with van der Waals surface area (Å²) in [5.74, 6) is -1.43. The molecule has 0 radical (unpaired) electrons. The highest BCUT2D eigenvalue weighted by Crippen LogP contribution is 2.27. The summed E-state index contributed by atoms with van der Waals surface area (Å²) >= 11 is 0. The van der Waals surface area contributed by atoms with Crippen molar-refractivity contribution in [1.29, 1.82) is 0 Å². The molecule has 0 aliphatic carbocycles. The van der Waals surface area contributed by atoms with Gasteiger partial charge >= 0.3 is 6.18 Å². The zero-order valence-electron chi connectivity index (χ0n) is 5.49. The lowest BCUT2D eigenvalue weighted by atomic mass is 10.1. The maximum atomic E-state index is 11.8. The fourth-order valence-corrected chi connectivity index (χ4v) is 0.616. The highest BCUT2D eigenvalue weighted by Gasteiger charge is 2.37. The molecule has 0 aromatic rings. The van der Waals surface area contributed by atoms with E-state index in [1.165, 1.54) is 0 Å². The summed E-state index contributed by atoms with van der Waals surface area (Å²) in [6.45, 7) is -0.345. The third-order valence-corrected chi connectivity index (χ3v) is 1.26. The van der Waals surface area contributed by atoms with Gasteiger partial charge in [0.1, 0.15) is 0 Å². The monoisotopic (exact) mass is 156 g/mol. The maximum Gasteiger partial charge on any atom is 0.393 e. The Labute approximate surface area is 57.4 Å². The summed E-state index contributed by atoms with van der Waals surface area (Å²) in [7, 11) is 0. The van der Waals surface area contributed by atoms with E-state index in [-0.39, 0.29) is 19.5 Å². The van der Waals surface area contributed by atoms with Crippen molar-refractivity contribution in [2.24, 2.45) is 17.4 Å². The molecule has 0 rings (SSSR count). The predicted octanol–water partition coefficient (Wildman–Crippen LogP) is 0.472. The van der Waals surface area contributed by atoms with Gasteiger partial charge in [-0.15, -0.1) is 0 Å². The Balaban J connectivity index is 3.81. The van der Waals surface area contributed by atoms with E-state index in [4.69, 9.17) is 11.5 Å². The molecule has 0 saturated heterocycles. The Morgan fingerprint density at radius 2 is 1.70 bits per heavy atom. The van der Waals surface area contributed by atoms with E-state index >= 15 is 0 Å². The van der Waals surface area contributed by atoms with Crippen molar-refractivity contribution >= 4 is 0 Å². The van der Waals surface area contributed by atoms with Gasteiger partial charge < -0.3 is 11.5 Å². The Kier molecular flexibility index (Phi) is 3.67. The number of nitrogens with two attached hydrogens (primary N) is 2. The normalized spacial score (nSPS) is 15.3. The summed E-state index contributed by atoms with van der Waals surface area (Å²) in [4.78, 5) is 0. The molecule has 0 spiro atoms. The minimum absolute atomic E-state index is 0.0291. The molecule has 0 fully saturated rings. The fourth-order valence-electron chi connectivity index (χ4n) is 0.616. The standard InChI is InChI=1S/C5H11F3N2/c6-5(7,8)4(3-10)1-2-9/h4H,1-3,9-10H2/t4-/m1/s1. The lowest BCUT2D eigenvalue weighted by Gasteiger charge is -2.16.